The smallest absolute Gasteiger partial charge is 0.338 e. The van der Waals surface area contributed by atoms with Gasteiger partial charge in [0, 0.05) is 7.11 Å². The molecule has 0 atom stereocenters. The van der Waals surface area contributed by atoms with Crippen LogP contribution >= 0.6 is 0 Å². The van der Waals surface area contributed by atoms with Crippen molar-refractivity contribution in [1.82, 2.24) is 0 Å². The van der Waals surface area contributed by atoms with E-state index in [-0.39, 0.29) is 12.6 Å². The minimum Gasteiger partial charge on any atom is -0.494 e. The molecule has 4 heteroatoms. The van der Waals surface area contributed by atoms with Gasteiger partial charge >= 0.3 is 5.97 Å². The lowest BCUT2D eigenvalue weighted by Crippen LogP contribution is -2.09. The zero-order valence-electron chi connectivity index (χ0n) is 13.1. The van der Waals surface area contributed by atoms with Crippen molar-refractivity contribution >= 4 is 5.97 Å². The van der Waals surface area contributed by atoms with Gasteiger partial charge < -0.3 is 14.2 Å². The van der Waals surface area contributed by atoms with E-state index in [1.807, 2.05) is 0 Å². The Bertz CT molecular complexity index is 386. The Kier molecular flexibility index (Phi) is 9.29. The summed E-state index contributed by atoms with van der Waals surface area (Å²) in [5.74, 6) is 0.456. The quantitative estimate of drug-likeness (QED) is 0.459. The van der Waals surface area contributed by atoms with E-state index in [2.05, 4.69) is 6.92 Å². The van der Waals surface area contributed by atoms with Crippen LogP contribution in [0.15, 0.2) is 24.3 Å². The number of unbranched alkanes of at least 4 members (excludes halogenated alkanes) is 4. The molecule has 0 aromatic heterocycles. The van der Waals surface area contributed by atoms with Crippen LogP contribution in [0.5, 0.6) is 5.75 Å². The lowest BCUT2D eigenvalue weighted by molar-refractivity contribution is 0.0388. The predicted molar refractivity (Wildman–Crippen MR) is 82.9 cm³/mol. The second-order valence-corrected chi connectivity index (χ2v) is 4.92. The molecule has 21 heavy (non-hydrogen) atoms. The molecule has 4 nitrogen and oxygen atoms in total. The molecule has 0 spiro atoms. The molecule has 0 saturated heterocycles. The Hall–Kier alpha value is -1.55. The lowest BCUT2D eigenvalue weighted by Gasteiger charge is -2.07. The van der Waals surface area contributed by atoms with Crippen LogP contribution < -0.4 is 4.74 Å². The van der Waals surface area contributed by atoms with Gasteiger partial charge in [0.15, 0.2) is 0 Å². The van der Waals surface area contributed by atoms with Crippen LogP contribution in [0.2, 0.25) is 0 Å². The van der Waals surface area contributed by atoms with Gasteiger partial charge in [0.2, 0.25) is 0 Å². The topological polar surface area (TPSA) is 44.8 Å². The fourth-order valence-electron chi connectivity index (χ4n) is 1.88. The number of carbonyl (C=O) groups excluding carboxylic acids is 1. The van der Waals surface area contributed by atoms with Crippen molar-refractivity contribution in [3.05, 3.63) is 29.8 Å². The van der Waals surface area contributed by atoms with E-state index in [4.69, 9.17) is 14.2 Å². The second-order valence-electron chi connectivity index (χ2n) is 4.92. The number of rotatable bonds is 11. The van der Waals surface area contributed by atoms with Gasteiger partial charge in [-0.05, 0) is 30.7 Å². The molecule has 1 aromatic rings. The Morgan fingerprint density at radius 2 is 1.67 bits per heavy atom. The molecule has 0 aliphatic carbocycles. The summed E-state index contributed by atoms with van der Waals surface area (Å²) in [6, 6.07) is 7.06. The van der Waals surface area contributed by atoms with Gasteiger partial charge in [-0.2, -0.15) is 0 Å². The van der Waals surface area contributed by atoms with E-state index < -0.39 is 0 Å². The first-order chi connectivity index (χ1) is 10.3. The van der Waals surface area contributed by atoms with Crippen molar-refractivity contribution in [3.63, 3.8) is 0 Å². The molecule has 0 radical (unpaired) electrons. The number of carbonyl (C=O) groups is 1. The molecule has 1 rings (SSSR count). The maximum absolute atomic E-state index is 11.7. The van der Waals surface area contributed by atoms with Gasteiger partial charge in [-0.3, -0.25) is 0 Å². The number of hydrogen-bond donors (Lipinski definition) is 0. The molecular weight excluding hydrogens is 268 g/mol. The largest absolute Gasteiger partial charge is 0.494 e. The summed E-state index contributed by atoms with van der Waals surface area (Å²) in [6.07, 6.45) is 6.09. The third-order valence-electron chi connectivity index (χ3n) is 3.13. The minimum absolute atomic E-state index is 0.269. The molecule has 0 N–H and O–H groups in total. The van der Waals surface area contributed by atoms with E-state index in [0.717, 1.165) is 18.8 Å². The molecule has 0 aliphatic heterocycles. The van der Waals surface area contributed by atoms with Crippen molar-refractivity contribution in [2.45, 2.75) is 39.0 Å². The monoisotopic (exact) mass is 294 g/mol. The van der Waals surface area contributed by atoms with Gasteiger partial charge in [-0.1, -0.05) is 32.6 Å². The Morgan fingerprint density at radius 1 is 0.952 bits per heavy atom. The van der Waals surface area contributed by atoms with Crippen molar-refractivity contribution in [2.75, 3.05) is 26.9 Å². The van der Waals surface area contributed by atoms with E-state index in [9.17, 15) is 4.79 Å². The van der Waals surface area contributed by atoms with Crippen LogP contribution in [0.1, 0.15) is 49.4 Å². The highest BCUT2D eigenvalue weighted by Crippen LogP contribution is 2.14. The number of methoxy groups -OCH3 is 1. The van der Waals surface area contributed by atoms with Crippen LogP contribution in [-0.2, 0) is 9.47 Å². The van der Waals surface area contributed by atoms with Crippen LogP contribution in [0.3, 0.4) is 0 Å². The summed E-state index contributed by atoms with van der Waals surface area (Å²) >= 11 is 0. The van der Waals surface area contributed by atoms with Gasteiger partial charge in [0.1, 0.15) is 12.4 Å². The number of ether oxygens (including phenoxy) is 3. The van der Waals surface area contributed by atoms with E-state index >= 15 is 0 Å². The van der Waals surface area contributed by atoms with Crippen LogP contribution in [0, 0.1) is 0 Å². The average molecular weight is 294 g/mol. The molecule has 0 unspecified atom stereocenters. The number of benzene rings is 1. The predicted octanol–water partition coefficient (Wildman–Crippen LogP) is 3.84. The molecule has 0 fully saturated rings. The summed E-state index contributed by atoms with van der Waals surface area (Å²) in [6.45, 7) is 3.61. The third kappa shape index (κ3) is 7.71. The van der Waals surface area contributed by atoms with Crippen molar-refractivity contribution in [2.24, 2.45) is 0 Å². The second kappa shape index (κ2) is 11.1. The Labute approximate surface area is 127 Å². The maximum atomic E-state index is 11.7. The summed E-state index contributed by atoms with van der Waals surface area (Å²) in [7, 11) is 1.57. The minimum atomic E-state index is -0.335. The maximum Gasteiger partial charge on any atom is 0.338 e. The van der Waals surface area contributed by atoms with Crippen molar-refractivity contribution in [1.29, 1.82) is 0 Å². The van der Waals surface area contributed by atoms with Crippen LogP contribution in [0.25, 0.3) is 0 Å². The van der Waals surface area contributed by atoms with Crippen LogP contribution in [-0.4, -0.2) is 32.9 Å². The van der Waals surface area contributed by atoms with Gasteiger partial charge in [-0.25, -0.2) is 4.79 Å². The van der Waals surface area contributed by atoms with E-state index in [1.165, 1.54) is 25.7 Å². The highest BCUT2D eigenvalue weighted by molar-refractivity contribution is 5.89. The van der Waals surface area contributed by atoms with Gasteiger partial charge in [-0.15, -0.1) is 0 Å². The normalized spacial score (nSPS) is 10.4. The van der Waals surface area contributed by atoms with Crippen molar-refractivity contribution < 1.29 is 19.0 Å². The summed E-state index contributed by atoms with van der Waals surface area (Å²) in [4.78, 5) is 11.7. The number of esters is 1. The first-order valence-electron chi connectivity index (χ1n) is 7.67. The van der Waals surface area contributed by atoms with Gasteiger partial charge in [0.05, 0.1) is 18.8 Å². The fourth-order valence-corrected chi connectivity index (χ4v) is 1.88. The first kappa shape index (κ1) is 17.5. The van der Waals surface area contributed by atoms with Gasteiger partial charge in [0.25, 0.3) is 0 Å². The SMILES string of the molecule is CCCCCCCOc1ccc(C(=O)OCCOC)cc1. The standard InChI is InChI=1S/C17H26O4/c1-3-4-5-6-7-12-20-16-10-8-15(9-11-16)17(18)21-14-13-19-2/h8-11H,3-7,12-14H2,1-2H3. The molecule has 0 bridgehead atoms. The highest BCUT2D eigenvalue weighted by atomic mass is 16.6. The number of hydrogen-bond acceptors (Lipinski definition) is 4. The van der Waals surface area contributed by atoms with E-state index in [1.54, 1.807) is 31.4 Å². The summed E-state index contributed by atoms with van der Waals surface area (Å²) in [5.41, 5.74) is 0.529. The average Bonchev–Trinajstić information content (AvgIpc) is 2.51. The highest BCUT2D eigenvalue weighted by Gasteiger charge is 2.06. The fraction of sp³-hybridized carbons (Fsp3) is 0.588. The zero-order valence-corrected chi connectivity index (χ0v) is 13.1. The van der Waals surface area contributed by atoms with Crippen molar-refractivity contribution in [3.8, 4) is 5.75 Å². The molecule has 0 aliphatic rings. The third-order valence-corrected chi connectivity index (χ3v) is 3.13. The summed E-state index contributed by atoms with van der Waals surface area (Å²) in [5, 5.41) is 0. The molecule has 0 heterocycles. The molecule has 0 amide bonds. The lowest BCUT2D eigenvalue weighted by atomic mass is 10.2. The molecule has 1 aromatic carbocycles. The molecule has 0 saturated carbocycles. The Balaban J connectivity index is 2.25. The van der Waals surface area contributed by atoms with Crippen LogP contribution in [0.4, 0.5) is 0 Å². The Morgan fingerprint density at radius 3 is 2.33 bits per heavy atom. The first-order valence-corrected chi connectivity index (χ1v) is 7.67. The zero-order chi connectivity index (χ0) is 15.3. The molecule has 118 valence electrons. The van der Waals surface area contributed by atoms with E-state index in [0.29, 0.717) is 12.2 Å². The summed E-state index contributed by atoms with van der Waals surface area (Å²) < 4.78 is 15.5. The molecular formula is C17H26O4.